The second kappa shape index (κ2) is 2.50. The van der Waals surface area contributed by atoms with Crippen LogP contribution in [0, 0.1) is 13.8 Å². The van der Waals surface area contributed by atoms with E-state index in [1.54, 1.807) is 0 Å². The molecule has 1 nitrogen and oxygen atoms in total. The van der Waals surface area contributed by atoms with E-state index in [4.69, 9.17) is 0 Å². The standard InChI is InChI=1S/C12H17N/c1-8-5-6-10-11(9(8)2)13-7-12(10,3)4/h5-6,13H,7H2,1-4H3. The van der Waals surface area contributed by atoms with Crippen molar-refractivity contribution in [3.05, 3.63) is 28.8 Å². The lowest BCUT2D eigenvalue weighted by atomic mass is 9.85. The minimum atomic E-state index is 0.299. The first-order valence-corrected chi connectivity index (χ1v) is 4.87. The first-order chi connectivity index (χ1) is 6.02. The Bertz CT molecular complexity index is 350. The minimum Gasteiger partial charge on any atom is -0.384 e. The van der Waals surface area contributed by atoms with E-state index in [1.165, 1.54) is 22.4 Å². The molecule has 1 aliphatic heterocycles. The molecule has 70 valence electrons. The van der Waals surface area contributed by atoms with Crippen molar-refractivity contribution in [1.82, 2.24) is 0 Å². The SMILES string of the molecule is Cc1ccc2c(c1C)NCC2(C)C. The van der Waals surface area contributed by atoms with Crippen molar-refractivity contribution in [2.24, 2.45) is 0 Å². The molecule has 1 aromatic carbocycles. The summed E-state index contributed by atoms with van der Waals surface area (Å²) in [6, 6.07) is 4.49. The van der Waals surface area contributed by atoms with Gasteiger partial charge < -0.3 is 5.32 Å². The van der Waals surface area contributed by atoms with Crippen LogP contribution in [0.4, 0.5) is 5.69 Å². The molecule has 2 rings (SSSR count). The number of hydrogen-bond donors (Lipinski definition) is 1. The zero-order valence-corrected chi connectivity index (χ0v) is 8.86. The molecule has 1 aliphatic rings. The molecule has 0 unspecified atom stereocenters. The molecule has 0 fully saturated rings. The number of anilines is 1. The summed E-state index contributed by atoms with van der Waals surface area (Å²) in [7, 11) is 0. The molecule has 0 bridgehead atoms. The van der Waals surface area contributed by atoms with E-state index in [9.17, 15) is 0 Å². The molecule has 0 spiro atoms. The van der Waals surface area contributed by atoms with Gasteiger partial charge in [0.05, 0.1) is 0 Å². The summed E-state index contributed by atoms with van der Waals surface area (Å²) >= 11 is 0. The first kappa shape index (κ1) is 8.61. The van der Waals surface area contributed by atoms with Crippen LogP contribution in [0.3, 0.4) is 0 Å². The fourth-order valence-electron chi connectivity index (χ4n) is 2.01. The van der Waals surface area contributed by atoms with Crippen LogP contribution in [0.5, 0.6) is 0 Å². The summed E-state index contributed by atoms with van der Waals surface area (Å²) in [5.74, 6) is 0. The van der Waals surface area contributed by atoms with Crippen molar-refractivity contribution in [3.63, 3.8) is 0 Å². The van der Waals surface area contributed by atoms with E-state index in [1.807, 2.05) is 0 Å². The van der Waals surface area contributed by atoms with Crippen LogP contribution in [-0.2, 0) is 5.41 Å². The fourth-order valence-corrected chi connectivity index (χ4v) is 2.01. The van der Waals surface area contributed by atoms with Crippen LogP contribution >= 0.6 is 0 Å². The highest BCUT2D eigenvalue weighted by atomic mass is 14.9. The zero-order valence-electron chi connectivity index (χ0n) is 8.86. The van der Waals surface area contributed by atoms with Gasteiger partial charge in [-0.15, -0.1) is 0 Å². The number of rotatable bonds is 0. The summed E-state index contributed by atoms with van der Waals surface area (Å²) in [5.41, 5.74) is 5.92. The van der Waals surface area contributed by atoms with Gasteiger partial charge in [0.25, 0.3) is 0 Å². The second-order valence-electron chi connectivity index (χ2n) is 4.67. The monoisotopic (exact) mass is 175 g/mol. The van der Waals surface area contributed by atoms with Gasteiger partial charge in [-0.05, 0) is 30.5 Å². The lowest BCUT2D eigenvalue weighted by Gasteiger charge is -2.17. The maximum atomic E-state index is 3.50. The highest BCUT2D eigenvalue weighted by Gasteiger charge is 2.30. The van der Waals surface area contributed by atoms with Crippen LogP contribution in [0.25, 0.3) is 0 Å². The quantitative estimate of drug-likeness (QED) is 0.639. The Morgan fingerprint density at radius 2 is 1.92 bits per heavy atom. The fraction of sp³-hybridized carbons (Fsp3) is 0.500. The van der Waals surface area contributed by atoms with E-state index >= 15 is 0 Å². The van der Waals surface area contributed by atoms with E-state index in [2.05, 4.69) is 45.1 Å². The van der Waals surface area contributed by atoms with Crippen LogP contribution in [0.15, 0.2) is 12.1 Å². The van der Waals surface area contributed by atoms with Gasteiger partial charge in [-0.1, -0.05) is 26.0 Å². The van der Waals surface area contributed by atoms with Crippen molar-refractivity contribution in [2.45, 2.75) is 33.1 Å². The molecule has 1 heterocycles. The van der Waals surface area contributed by atoms with Crippen molar-refractivity contribution >= 4 is 5.69 Å². The lowest BCUT2D eigenvalue weighted by Crippen LogP contribution is -2.18. The van der Waals surface area contributed by atoms with Crippen molar-refractivity contribution in [3.8, 4) is 0 Å². The van der Waals surface area contributed by atoms with E-state index < -0.39 is 0 Å². The first-order valence-electron chi connectivity index (χ1n) is 4.87. The topological polar surface area (TPSA) is 12.0 Å². The minimum absolute atomic E-state index is 0.299. The Balaban J connectivity index is 2.64. The smallest absolute Gasteiger partial charge is 0.0411 e. The summed E-state index contributed by atoms with van der Waals surface area (Å²) < 4.78 is 0. The third kappa shape index (κ3) is 1.14. The zero-order chi connectivity index (χ0) is 9.64. The van der Waals surface area contributed by atoms with E-state index in [-0.39, 0.29) is 0 Å². The number of hydrogen-bond acceptors (Lipinski definition) is 1. The molecular formula is C12H17N. The summed E-state index contributed by atoms with van der Waals surface area (Å²) in [6.07, 6.45) is 0. The lowest BCUT2D eigenvalue weighted by molar-refractivity contribution is 0.586. The Morgan fingerprint density at radius 1 is 1.23 bits per heavy atom. The van der Waals surface area contributed by atoms with Gasteiger partial charge in [-0.2, -0.15) is 0 Å². The molecule has 0 saturated heterocycles. The predicted molar refractivity (Wildman–Crippen MR) is 57.4 cm³/mol. The Kier molecular flexibility index (Phi) is 1.66. The number of nitrogens with one attached hydrogen (secondary N) is 1. The summed E-state index contributed by atoms with van der Waals surface area (Å²) in [5, 5.41) is 3.50. The molecule has 0 amide bonds. The average Bonchev–Trinajstić information content (AvgIpc) is 2.35. The van der Waals surface area contributed by atoms with Crippen LogP contribution < -0.4 is 5.32 Å². The maximum Gasteiger partial charge on any atom is 0.0411 e. The van der Waals surface area contributed by atoms with E-state index in [0.29, 0.717) is 5.41 Å². The highest BCUT2D eigenvalue weighted by Crippen LogP contribution is 2.38. The van der Waals surface area contributed by atoms with E-state index in [0.717, 1.165) is 6.54 Å². The maximum absolute atomic E-state index is 3.50. The molecule has 1 heteroatoms. The normalized spacial score (nSPS) is 18.2. The van der Waals surface area contributed by atoms with Crippen LogP contribution in [-0.4, -0.2) is 6.54 Å². The Labute approximate surface area is 80.2 Å². The third-order valence-corrected chi connectivity index (χ3v) is 3.17. The molecule has 0 aliphatic carbocycles. The molecule has 1 N–H and O–H groups in total. The number of aryl methyl sites for hydroxylation is 1. The molecule has 0 radical (unpaired) electrons. The summed E-state index contributed by atoms with van der Waals surface area (Å²) in [6.45, 7) is 10.0. The van der Waals surface area contributed by atoms with Gasteiger partial charge in [0.2, 0.25) is 0 Å². The van der Waals surface area contributed by atoms with Gasteiger partial charge in [-0.25, -0.2) is 0 Å². The van der Waals surface area contributed by atoms with Crippen LogP contribution in [0.2, 0.25) is 0 Å². The number of benzene rings is 1. The number of fused-ring (bicyclic) bond motifs is 1. The van der Waals surface area contributed by atoms with Crippen LogP contribution in [0.1, 0.15) is 30.5 Å². The highest BCUT2D eigenvalue weighted by molar-refractivity contribution is 5.66. The van der Waals surface area contributed by atoms with Gasteiger partial charge in [0, 0.05) is 17.6 Å². The van der Waals surface area contributed by atoms with Crippen molar-refractivity contribution in [2.75, 3.05) is 11.9 Å². The molecule has 0 saturated carbocycles. The molecule has 0 aromatic heterocycles. The molecule has 0 atom stereocenters. The molecule has 1 aromatic rings. The van der Waals surface area contributed by atoms with Crippen molar-refractivity contribution < 1.29 is 0 Å². The molecule has 13 heavy (non-hydrogen) atoms. The van der Waals surface area contributed by atoms with Gasteiger partial charge in [-0.3, -0.25) is 0 Å². The van der Waals surface area contributed by atoms with Gasteiger partial charge >= 0.3 is 0 Å². The Morgan fingerprint density at radius 3 is 2.62 bits per heavy atom. The Hall–Kier alpha value is -0.980. The largest absolute Gasteiger partial charge is 0.384 e. The third-order valence-electron chi connectivity index (χ3n) is 3.17. The molecular weight excluding hydrogens is 158 g/mol. The van der Waals surface area contributed by atoms with Gasteiger partial charge in [0.15, 0.2) is 0 Å². The van der Waals surface area contributed by atoms with Crippen molar-refractivity contribution in [1.29, 1.82) is 0 Å². The predicted octanol–water partition coefficient (Wildman–Crippen LogP) is 3.01. The average molecular weight is 175 g/mol. The van der Waals surface area contributed by atoms with Gasteiger partial charge in [0.1, 0.15) is 0 Å². The summed E-state index contributed by atoms with van der Waals surface area (Å²) in [4.78, 5) is 0. The second-order valence-corrected chi connectivity index (χ2v) is 4.67.